The normalized spacial score (nSPS) is 19.2. The van der Waals surface area contributed by atoms with Crippen LogP contribution in [0.1, 0.15) is 11.7 Å². The maximum atomic E-state index is 11.8. The Morgan fingerprint density at radius 3 is 2.84 bits per heavy atom. The number of benzene rings is 1. The summed E-state index contributed by atoms with van der Waals surface area (Å²) in [4.78, 5) is 15.0. The van der Waals surface area contributed by atoms with E-state index in [4.69, 9.17) is 9.47 Å². The van der Waals surface area contributed by atoms with Crippen molar-refractivity contribution in [1.82, 2.24) is 9.80 Å². The second-order valence-corrected chi connectivity index (χ2v) is 4.78. The number of amides is 2. The highest BCUT2D eigenvalue weighted by Crippen LogP contribution is 2.34. The fourth-order valence-corrected chi connectivity index (χ4v) is 2.31. The molecule has 0 aromatic heterocycles. The molecule has 2 aliphatic heterocycles. The Hall–Kier alpha value is -1.95. The molecule has 0 saturated carbocycles. The highest BCUT2D eigenvalue weighted by atomic mass is 16.7. The molecule has 1 atom stereocenters. The Bertz CT molecular complexity index is 505. The number of likely N-dealkylation sites (N-methyl/N-ethyl adjacent to an activating group) is 1. The largest absolute Gasteiger partial charge is 0.454 e. The lowest BCUT2D eigenvalue weighted by atomic mass is 10.1. The van der Waals surface area contributed by atoms with E-state index in [-0.39, 0.29) is 12.8 Å². The van der Waals surface area contributed by atoms with Gasteiger partial charge in [0, 0.05) is 20.1 Å². The minimum absolute atomic E-state index is 0.0419. The number of aliphatic hydroxyl groups is 1. The number of carbonyl (C=O) groups is 1. The van der Waals surface area contributed by atoms with Crippen molar-refractivity contribution >= 4 is 6.03 Å². The average molecular weight is 264 g/mol. The van der Waals surface area contributed by atoms with E-state index < -0.39 is 6.10 Å². The molecule has 6 nitrogen and oxygen atoms in total. The smallest absolute Gasteiger partial charge is 0.319 e. The van der Waals surface area contributed by atoms with Crippen LogP contribution in [0, 0.1) is 0 Å². The van der Waals surface area contributed by atoms with E-state index >= 15 is 0 Å². The Morgan fingerprint density at radius 2 is 2.11 bits per heavy atom. The van der Waals surface area contributed by atoms with Crippen LogP contribution in [0.4, 0.5) is 4.79 Å². The first-order valence-electron chi connectivity index (χ1n) is 6.23. The minimum Gasteiger partial charge on any atom is -0.454 e. The number of nitrogens with zero attached hydrogens (tertiary/aromatic N) is 2. The van der Waals surface area contributed by atoms with Gasteiger partial charge in [-0.05, 0) is 17.7 Å². The Labute approximate surface area is 111 Å². The van der Waals surface area contributed by atoms with Crippen LogP contribution in [-0.2, 0) is 0 Å². The molecule has 1 fully saturated rings. The summed E-state index contributed by atoms with van der Waals surface area (Å²) in [6, 6.07) is 5.29. The van der Waals surface area contributed by atoms with Crippen LogP contribution in [0.2, 0.25) is 0 Å². The Balaban J connectivity index is 1.70. The van der Waals surface area contributed by atoms with Crippen molar-refractivity contribution < 1.29 is 19.4 Å². The quantitative estimate of drug-likeness (QED) is 0.878. The minimum atomic E-state index is -0.718. The zero-order valence-corrected chi connectivity index (χ0v) is 10.7. The third-order valence-electron chi connectivity index (χ3n) is 3.48. The summed E-state index contributed by atoms with van der Waals surface area (Å²) in [7, 11) is 1.76. The number of aliphatic hydroxyl groups excluding tert-OH is 1. The maximum absolute atomic E-state index is 11.8. The van der Waals surface area contributed by atoms with Crippen LogP contribution in [-0.4, -0.2) is 54.4 Å². The van der Waals surface area contributed by atoms with Gasteiger partial charge in [-0.2, -0.15) is 0 Å². The monoisotopic (exact) mass is 264 g/mol. The average Bonchev–Trinajstić information content (AvgIpc) is 2.99. The summed E-state index contributed by atoms with van der Waals surface area (Å²) in [5.41, 5.74) is 0.728. The Morgan fingerprint density at radius 1 is 1.32 bits per heavy atom. The van der Waals surface area contributed by atoms with Gasteiger partial charge in [0.2, 0.25) is 6.79 Å². The molecule has 0 radical (unpaired) electrons. The number of β-amino-alcohol motifs (C(OH)–C–C–N with tert-alkyl or cyclic N) is 1. The first-order valence-corrected chi connectivity index (χ1v) is 6.23. The van der Waals surface area contributed by atoms with Crippen LogP contribution >= 0.6 is 0 Å². The number of hydrogen-bond acceptors (Lipinski definition) is 4. The van der Waals surface area contributed by atoms with E-state index in [1.807, 2.05) is 0 Å². The summed E-state index contributed by atoms with van der Waals surface area (Å²) < 4.78 is 10.5. The predicted octanol–water partition coefficient (Wildman–Crippen LogP) is 0.816. The van der Waals surface area contributed by atoms with Crippen LogP contribution < -0.4 is 9.47 Å². The molecule has 2 amide bonds. The maximum Gasteiger partial charge on any atom is 0.319 e. The van der Waals surface area contributed by atoms with Crippen molar-refractivity contribution in [2.45, 2.75) is 6.10 Å². The van der Waals surface area contributed by atoms with Crippen LogP contribution in [0.5, 0.6) is 11.5 Å². The van der Waals surface area contributed by atoms with Gasteiger partial charge >= 0.3 is 6.03 Å². The van der Waals surface area contributed by atoms with Gasteiger partial charge in [-0.25, -0.2) is 4.79 Å². The molecule has 19 heavy (non-hydrogen) atoms. The fraction of sp³-hybridized carbons (Fsp3) is 0.462. The summed E-state index contributed by atoms with van der Waals surface area (Å²) in [6.45, 7) is 1.86. The van der Waals surface area contributed by atoms with Gasteiger partial charge in [0.25, 0.3) is 0 Å². The zero-order chi connectivity index (χ0) is 13.4. The van der Waals surface area contributed by atoms with Crippen LogP contribution in [0.3, 0.4) is 0 Å². The third-order valence-corrected chi connectivity index (χ3v) is 3.48. The van der Waals surface area contributed by atoms with Gasteiger partial charge < -0.3 is 24.4 Å². The van der Waals surface area contributed by atoms with E-state index in [2.05, 4.69) is 0 Å². The number of urea groups is 1. The lowest BCUT2D eigenvalue weighted by Crippen LogP contribution is -2.32. The molecule has 0 spiro atoms. The molecule has 1 unspecified atom stereocenters. The second-order valence-electron chi connectivity index (χ2n) is 4.78. The second kappa shape index (κ2) is 4.62. The van der Waals surface area contributed by atoms with Crippen LogP contribution in [0.25, 0.3) is 0 Å². The first kappa shape index (κ1) is 12.1. The van der Waals surface area contributed by atoms with Gasteiger partial charge in [0.15, 0.2) is 11.5 Å². The highest BCUT2D eigenvalue weighted by Gasteiger charge is 2.27. The van der Waals surface area contributed by atoms with Crippen molar-refractivity contribution in [2.24, 2.45) is 0 Å². The van der Waals surface area contributed by atoms with E-state index in [0.717, 1.165) is 5.56 Å². The topological polar surface area (TPSA) is 62.2 Å². The molecule has 0 bridgehead atoms. The zero-order valence-electron chi connectivity index (χ0n) is 10.7. The molecule has 1 saturated heterocycles. The third kappa shape index (κ3) is 2.19. The van der Waals surface area contributed by atoms with E-state index in [1.54, 1.807) is 35.0 Å². The summed E-state index contributed by atoms with van der Waals surface area (Å²) in [5.74, 6) is 1.33. The van der Waals surface area contributed by atoms with Gasteiger partial charge in [0.1, 0.15) is 0 Å². The molecule has 1 aromatic rings. The van der Waals surface area contributed by atoms with Crippen LogP contribution in [0.15, 0.2) is 18.2 Å². The number of hydrogen-bond donors (Lipinski definition) is 1. The molecular weight excluding hydrogens is 248 g/mol. The summed E-state index contributed by atoms with van der Waals surface area (Å²) in [5, 5.41) is 10.2. The fourth-order valence-electron chi connectivity index (χ4n) is 2.31. The lowest BCUT2D eigenvalue weighted by Gasteiger charge is -2.20. The summed E-state index contributed by atoms with van der Waals surface area (Å²) >= 11 is 0. The van der Waals surface area contributed by atoms with Crippen molar-refractivity contribution in [3.8, 4) is 11.5 Å². The number of rotatable bonds is 3. The first-order chi connectivity index (χ1) is 9.15. The van der Waals surface area contributed by atoms with Crippen molar-refractivity contribution in [1.29, 1.82) is 0 Å². The molecule has 102 valence electrons. The van der Waals surface area contributed by atoms with Crippen molar-refractivity contribution in [3.05, 3.63) is 23.8 Å². The molecular formula is C13H16N2O4. The molecule has 0 aliphatic carbocycles. The Kier molecular flexibility index (Phi) is 2.94. The van der Waals surface area contributed by atoms with Gasteiger partial charge in [-0.1, -0.05) is 6.07 Å². The van der Waals surface area contributed by atoms with Gasteiger partial charge in [-0.15, -0.1) is 0 Å². The molecule has 1 N–H and O–H groups in total. The highest BCUT2D eigenvalue weighted by molar-refractivity contribution is 5.76. The summed E-state index contributed by atoms with van der Waals surface area (Å²) in [6.07, 6.45) is -0.718. The van der Waals surface area contributed by atoms with E-state index in [9.17, 15) is 9.90 Å². The molecule has 2 aliphatic rings. The molecule has 3 rings (SSSR count). The SMILES string of the molecule is CN1CCN(CC(O)c2ccc3c(c2)OCO3)C1=O. The molecule has 1 aromatic carbocycles. The standard InChI is InChI=1S/C13H16N2O4/c1-14-4-5-15(13(14)17)7-10(16)9-2-3-11-12(6-9)19-8-18-11/h2-3,6,10,16H,4-5,7-8H2,1H3. The predicted molar refractivity (Wildman–Crippen MR) is 67.1 cm³/mol. The number of carbonyl (C=O) groups excluding carboxylic acids is 1. The number of fused-ring (bicyclic) bond motifs is 1. The van der Waals surface area contributed by atoms with Gasteiger partial charge in [-0.3, -0.25) is 0 Å². The molecule has 2 heterocycles. The van der Waals surface area contributed by atoms with E-state index in [0.29, 0.717) is 31.1 Å². The van der Waals surface area contributed by atoms with E-state index in [1.165, 1.54) is 0 Å². The molecule has 6 heteroatoms. The lowest BCUT2D eigenvalue weighted by molar-refractivity contribution is 0.129. The van der Waals surface area contributed by atoms with Crippen molar-refractivity contribution in [3.63, 3.8) is 0 Å². The van der Waals surface area contributed by atoms with Crippen molar-refractivity contribution in [2.75, 3.05) is 33.5 Å². The van der Waals surface area contributed by atoms with Gasteiger partial charge in [0.05, 0.1) is 12.6 Å². The number of ether oxygens (including phenoxy) is 2.